The molecule has 0 saturated heterocycles. The molecule has 182 valence electrons. The molecule has 0 aliphatic carbocycles. The first-order chi connectivity index (χ1) is 16.6. The van der Waals surface area contributed by atoms with Crippen molar-refractivity contribution in [1.29, 1.82) is 0 Å². The second kappa shape index (κ2) is 10.1. The van der Waals surface area contributed by atoms with Gasteiger partial charge in [-0.3, -0.25) is 9.78 Å². The number of aromatic nitrogens is 1. The summed E-state index contributed by atoms with van der Waals surface area (Å²) in [7, 11) is 0. The SMILES string of the molecule is CC1=C(C(=O)OC(C)(C)C)C(c2ccccc2C)N2C(CC(=O)NCc3ccccn3)=CSC2=N1. The quantitative estimate of drug-likeness (QED) is 0.573. The highest BCUT2D eigenvalue weighted by Gasteiger charge is 2.42. The van der Waals surface area contributed by atoms with E-state index >= 15 is 0 Å². The number of pyridine rings is 1. The van der Waals surface area contributed by atoms with Gasteiger partial charge < -0.3 is 15.0 Å². The number of hydrogen-bond donors (Lipinski definition) is 1. The van der Waals surface area contributed by atoms with Crippen LogP contribution in [0.2, 0.25) is 0 Å². The van der Waals surface area contributed by atoms with Crippen LogP contribution in [0, 0.1) is 6.92 Å². The van der Waals surface area contributed by atoms with E-state index in [0.29, 0.717) is 17.8 Å². The maximum Gasteiger partial charge on any atom is 0.338 e. The van der Waals surface area contributed by atoms with Gasteiger partial charge >= 0.3 is 5.97 Å². The van der Waals surface area contributed by atoms with E-state index in [-0.39, 0.29) is 12.3 Å². The Labute approximate surface area is 210 Å². The third kappa shape index (κ3) is 5.65. The number of carbonyl (C=O) groups is 2. The zero-order chi connectivity index (χ0) is 25.2. The van der Waals surface area contributed by atoms with Crippen molar-refractivity contribution in [1.82, 2.24) is 15.2 Å². The summed E-state index contributed by atoms with van der Waals surface area (Å²) in [4.78, 5) is 37.3. The Balaban J connectivity index is 1.64. The van der Waals surface area contributed by atoms with Crippen molar-refractivity contribution in [3.63, 3.8) is 0 Å². The summed E-state index contributed by atoms with van der Waals surface area (Å²) in [5.74, 6) is -0.528. The van der Waals surface area contributed by atoms with E-state index < -0.39 is 17.6 Å². The van der Waals surface area contributed by atoms with Gasteiger partial charge in [0.25, 0.3) is 0 Å². The molecular weight excluding hydrogens is 460 g/mol. The Morgan fingerprint density at radius 3 is 2.54 bits per heavy atom. The van der Waals surface area contributed by atoms with Crippen LogP contribution in [0.4, 0.5) is 0 Å². The van der Waals surface area contributed by atoms with Gasteiger partial charge in [0.15, 0.2) is 5.17 Å². The summed E-state index contributed by atoms with van der Waals surface area (Å²) in [5.41, 5.74) is 4.06. The van der Waals surface area contributed by atoms with Gasteiger partial charge in [0, 0.05) is 11.9 Å². The highest BCUT2D eigenvalue weighted by Crippen LogP contribution is 2.45. The number of nitrogens with zero attached hydrogens (tertiary/aromatic N) is 3. The van der Waals surface area contributed by atoms with Crippen LogP contribution in [0.25, 0.3) is 0 Å². The molecule has 0 bridgehead atoms. The average Bonchev–Trinajstić information content (AvgIpc) is 3.18. The Bertz CT molecular complexity index is 1230. The number of carbonyl (C=O) groups excluding carboxylic acids is 2. The molecule has 2 aliphatic heterocycles. The molecule has 1 aromatic carbocycles. The van der Waals surface area contributed by atoms with Gasteiger partial charge in [-0.15, -0.1) is 0 Å². The molecule has 0 spiro atoms. The molecule has 35 heavy (non-hydrogen) atoms. The number of thioether (sulfide) groups is 1. The summed E-state index contributed by atoms with van der Waals surface area (Å²) < 4.78 is 5.79. The molecule has 2 aliphatic rings. The number of benzene rings is 1. The number of esters is 1. The molecular formula is C27H30N4O3S. The molecule has 2 aromatic rings. The topological polar surface area (TPSA) is 83.9 Å². The zero-order valence-electron chi connectivity index (χ0n) is 20.7. The van der Waals surface area contributed by atoms with Crippen molar-refractivity contribution in [2.24, 2.45) is 4.99 Å². The summed E-state index contributed by atoms with van der Waals surface area (Å²) in [6.07, 6.45) is 1.86. The minimum atomic E-state index is -0.644. The van der Waals surface area contributed by atoms with Crippen LogP contribution >= 0.6 is 11.8 Å². The minimum absolute atomic E-state index is 0.127. The fourth-order valence-electron chi connectivity index (χ4n) is 4.07. The normalized spacial score (nSPS) is 17.5. The molecule has 1 N–H and O–H groups in total. The maximum atomic E-state index is 13.4. The van der Waals surface area contributed by atoms with Crippen molar-refractivity contribution in [2.45, 2.75) is 59.2 Å². The Morgan fingerprint density at radius 1 is 1.11 bits per heavy atom. The van der Waals surface area contributed by atoms with Crippen LogP contribution < -0.4 is 5.32 Å². The van der Waals surface area contributed by atoms with Crippen LogP contribution in [-0.2, 0) is 20.9 Å². The van der Waals surface area contributed by atoms with Crippen molar-refractivity contribution in [2.75, 3.05) is 0 Å². The molecule has 0 saturated carbocycles. The second-order valence-electron chi connectivity index (χ2n) is 9.53. The lowest BCUT2D eigenvalue weighted by atomic mass is 9.91. The van der Waals surface area contributed by atoms with Gasteiger partial charge in [0.1, 0.15) is 5.60 Å². The van der Waals surface area contributed by atoms with E-state index in [2.05, 4.69) is 10.3 Å². The molecule has 1 amide bonds. The van der Waals surface area contributed by atoms with E-state index in [4.69, 9.17) is 9.73 Å². The number of allylic oxidation sites excluding steroid dienone is 1. The summed E-state index contributed by atoms with van der Waals surface area (Å²) in [5, 5.41) is 5.63. The first-order valence-electron chi connectivity index (χ1n) is 11.5. The van der Waals surface area contributed by atoms with Crippen LogP contribution in [0.1, 0.15) is 57.0 Å². The molecule has 3 heterocycles. The van der Waals surface area contributed by atoms with E-state index in [1.807, 2.05) is 87.4 Å². The molecule has 1 atom stereocenters. The van der Waals surface area contributed by atoms with E-state index in [1.165, 1.54) is 11.8 Å². The number of nitrogens with one attached hydrogen (secondary N) is 1. The molecule has 4 rings (SSSR count). The molecule has 7 nitrogen and oxygen atoms in total. The fourth-order valence-corrected chi connectivity index (χ4v) is 5.03. The van der Waals surface area contributed by atoms with E-state index in [9.17, 15) is 9.59 Å². The second-order valence-corrected chi connectivity index (χ2v) is 10.4. The third-order valence-electron chi connectivity index (χ3n) is 5.64. The van der Waals surface area contributed by atoms with Crippen molar-refractivity contribution in [3.8, 4) is 0 Å². The lowest BCUT2D eigenvalue weighted by Gasteiger charge is -2.37. The fraction of sp³-hybridized carbons (Fsp3) is 0.333. The van der Waals surface area contributed by atoms with Crippen LogP contribution in [0.3, 0.4) is 0 Å². The summed E-state index contributed by atoms with van der Waals surface area (Å²) >= 11 is 1.46. The van der Waals surface area contributed by atoms with Crippen molar-refractivity contribution in [3.05, 3.63) is 87.9 Å². The number of fused-ring (bicyclic) bond motifs is 1. The Morgan fingerprint density at radius 2 is 1.86 bits per heavy atom. The molecule has 1 aromatic heterocycles. The maximum absolute atomic E-state index is 13.4. The van der Waals surface area contributed by atoms with Gasteiger partial charge in [-0.2, -0.15) is 0 Å². The predicted octanol–water partition coefficient (Wildman–Crippen LogP) is 5.01. The molecule has 0 radical (unpaired) electrons. The smallest absolute Gasteiger partial charge is 0.338 e. The van der Waals surface area contributed by atoms with Gasteiger partial charge in [0.05, 0.1) is 36.0 Å². The average molecular weight is 491 g/mol. The largest absolute Gasteiger partial charge is 0.456 e. The number of hydrogen-bond acceptors (Lipinski definition) is 7. The van der Waals surface area contributed by atoms with Crippen molar-refractivity contribution < 1.29 is 14.3 Å². The first-order valence-corrected chi connectivity index (χ1v) is 12.4. The van der Waals surface area contributed by atoms with E-state index in [0.717, 1.165) is 27.7 Å². The number of amides is 1. The van der Waals surface area contributed by atoms with E-state index in [1.54, 1.807) is 6.20 Å². The number of ether oxygens (including phenoxy) is 1. The first kappa shape index (κ1) is 24.7. The molecule has 1 unspecified atom stereocenters. The van der Waals surface area contributed by atoms with Crippen LogP contribution in [0.5, 0.6) is 0 Å². The van der Waals surface area contributed by atoms with Gasteiger partial charge in [0.2, 0.25) is 5.91 Å². The summed E-state index contributed by atoms with van der Waals surface area (Å²) in [6.45, 7) is 9.77. The standard InChI is InChI=1S/C27H30N4O3S/c1-17-10-6-7-12-21(17)24-23(25(33)34-27(3,4)5)18(2)30-26-31(24)20(16-35-26)14-22(32)29-15-19-11-8-9-13-28-19/h6-13,16,24H,14-15H2,1-5H3,(H,29,32). The number of amidine groups is 1. The van der Waals surface area contributed by atoms with Gasteiger partial charge in [-0.05, 0) is 63.3 Å². The molecule has 0 fully saturated rings. The zero-order valence-corrected chi connectivity index (χ0v) is 21.5. The monoisotopic (exact) mass is 490 g/mol. The lowest BCUT2D eigenvalue weighted by molar-refractivity contribution is -0.150. The highest BCUT2D eigenvalue weighted by molar-refractivity contribution is 8.16. The highest BCUT2D eigenvalue weighted by atomic mass is 32.2. The third-order valence-corrected chi connectivity index (χ3v) is 6.53. The van der Waals surface area contributed by atoms with Gasteiger partial charge in [-0.1, -0.05) is 42.1 Å². The van der Waals surface area contributed by atoms with Crippen molar-refractivity contribution >= 4 is 28.8 Å². The number of aryl methyl sites for hydroxylation is 1. The van der Waals surface area contributed by atoms with Crippen LogP contribution in [0.15, 0.2) is 76.0 Å². The molecule has 8 heteroatoms. The van der Waals surface area contributed by atoms with Crippen LogP contribution in [-0.4, -0.2) is 32.5 Å². The number of aliphatic imine (C=N–C) groups is 1. The lowest BCUT2D eigenvalue weighted by Crippen LogP contribution is -2.39. The Hall–Kier alpha value is -3.39. The Kier molecular flexibility index (Phi) is 7.12. The minimum Gasteiger partial charge on any atom is -0.456 e. The summed E-state index contributed by atoms with van der Waals surface area (Å²) in [6, 6.07) is 13.1. The number of rotatable bonds is 6. The predicted molar refractivity (Wildman–Crippen MR) is 138 cm³/mol. The van der Waals surface area contributed by atoms with Gasteiger partial charge in [-0.25, -0.2) is 9.79 Å².